The SMILES string of the molecule is CN1CCC(Nc2nc(-c3cccs3)nc3ccccc23)C1=O. The molecule has 1 amide bonds. The van der Waals surface area contributed by atoms with E-state index in [1.165, 1.54) is 0 Å². The number of fused-ring (bicyclic) bond motifs is 1. The van der Waals surface area contributed by atoms with E-state index in [2.05, 4.69) is 15.3 Å². The summed E-state index contributed by atoms with van der Waals surface area (Å²) >= 11 is 1.61. The minimum Gasteiger partial charge on any atom is -0.358 e. The molecule has 1 unspecified atom stereocenters. The minimum absolute atomic E-state index is 0.116. The normalized spacial score (nSPS) is 17.9. The standard InChI is InChI=1S/C17H16N4OS/c1-21-9-8-13(17(21)22)19-15-11-5-2-3-6-12(11)18-16(20-15)14-7-4-10-23-14/h2-7,10,13H,8-9H2,1H3,(H,18,19,20). The monoisotopic (exact) mass is 324 g/mol. The van der Waals surface area contributed by atoms with Gasteiger partial charge in [0.15, 0.2) is 5.82 Å². The van der Waals surface area contributed by atoms with Gasteiger partial charge in [0.25, 0.3) is 0 Å². The summed E-state index contributed by atoms with van der Waals surface area (Å²) in [5, 5.41) is 6.28. The van der Waals surface area contributed by atoms with E-state index < -0.39 is 0 Å². The highest BCUT2D eigenvalue weighted by molar-refractivity contribution is 7.13. The fourth-order valence-electron chi connectivity index (χ4n) is 2.82. The molecule has 0 radical (unpaired) electrons. The molecule has 0 spiro atoms. The van der Waals surface area contributed by atoms with Gasteiger partial charge in [-0.05, 0) is 30.0 Å². The fraction of sp³-hybridized carbons (Fsp3) is 0.235. The Bertz CT molecular complexity index is 862. The number of anilines is 1. The highest BCUT2D eigenvalue weighted by atomic mass is 32.1. The summed E-state index contributed by atoms with van der Waals surface area (Å²) in [5.74, 6) is 1.54. The molecule has 1 aromatic carbocycles. The zero-order chi connectivity index (χ0) is 15.8. The Morgan fingerprint density at radius 2 is 2.09 bits per heavy atom. The summed E-state index contributed by atoms with van der Waals surface area (Å²) in [5.41, 5.74) is 0.882. The van der Waals surface area contributed by atoms with Gasteiger partial charge in [0.2, 0.25) is 5.91 Å². The molecule has 1 fully saturated rings. The van der Waals surface area contributed by atoms with Gasteiger partial charge in [-0.3, -0.25) is 4.79 Å². The van der Waals surface area contributed by atoms with Gasteiger partial charge in [-0.15, -0.1) is 11.3 Å². The van der Waals surface area contributed by atoms with Crippen LogP contribution in [0, 0.1) is 0 Å². The number of nitrogens with one attached hydrogen (secondary N) is 1. The third-order valence-corrected chi connectivity index (χ3v) is 4.95. The molecule has 1 N–H and O–H groups in total. The zero-order valence-corrected chi connectivity index (χ0v) is 13.5. The van der Waals surface area contributed by atoms with E-state index in [4.69, 9.17) is 0 Å². The first-order valence-corrected chi connectivity index (χ1v) is 8.42. The first-order valence-electron chi connectivity index (χ1n) is 7.54. The number of hydrogen-bond donors (Lipinski definition) is 1. The van der Waals surface area contributed by atoms with Gasteiger partial charge in [-0.25, -0.2) is 9.97 Å². The van der Waals surface area contributed by atoms with Crippen LogP contribution < -0.4 is 5.32 Å². The predicted molar refractivity (Wildman–Crippen MR) is 92.5 cm³/mol. The Kier molecular flexibility index (Phi) is 3.46. The van der Waals surface area contributed by atoms with Crippen LogP contribution in [-0.2, 0) is 4.79 Å². The first-order chi connectivity index (χ1) is 11.2. The topological polar surface area (TPSA) is 58.1 Å². The summed E-state index contributed by atoms with van der Waals surface area (Å²) in [6, 6.07) is 11.7. The second-order valence-electron chi connectivity index (χ2n) is 5.64. The lowest BCUT2D eigenvalue weighted by Gasteiger charge is -2.15. The Balaban J connectivity index is 1.79. The van der Waals surface area contributed by atoms with Crippen LogP contribution in [-0.4, -0.2) is 40.4 Å². The number of carbonyl (C=O) groups excluding carboxylic acids is 1. The summed E-state index contributed by atoms with van der Waals surface area (Å²) in [6.45, 7) is 0.775. The molecular formula is C17H16N4OS. The average Bonchev–Trinajstić information content (AvgIpc) is 3.21. The summed E-state index contributed by atoms with van der Waals surface area (Å²) in [6.07, 6.45) is 0.794. The third-order valence-electron chi connectivity index (χ3n) is 4.08. The van der Waals surface area contributed by atoms with Crippen molar-refractivity contribution in [3.8, 4) is 10.7 Å². The van der Waals surface area contributed by atoms with Crippen molar-refractivity contribution >= 4 is 34.0 Å². The number of likely N-dealkylation sites (tertiary alicyclic amines) is 1. The predicted octanol–water partition coefficient (Wildman–Crippen LogP) is 3.00. The smallest absolute Gasteiger partial charge is 0.244 e. The maximum atomic E-state index is 12.2. The van der Waals surface area contributed by atoms with E-state index >= 15 is 0 Å². The van der Waals surface area contributed by atoms with Gasteiger partial charge in [-0.2, -0.15) is 0 Å². The zero-order valence-electron chi connectivity index (χ0n) is 12.7. The van der Waals surface area contributed by atoms with Crippen molar-refractivity contribution in [1.82, 2.24) is 14.9 Å². The maximum absolute atomic E-state index is 12.2. The Morgan fingerprint density at radius 1 is 1.22 bits per heavy atom. The third kappa shape index (κ3) is 2.55. The lowest BCUT2D eigenvalue weighted by atomic mass is 10.2. The van der Waals surface area contributed by atoms with E-state index in [1.54, 1.807) is 16.2 Å². The maximum Gasteiger partial charge on any atom is 0.244 e. The Morgan fingerprint density at radius 3 is 2.83 bits per heavy atom. The van der Waals surface area contributed by atoms with Crippen LogP contribution >= 0.6 is 11.3 Å². The van der Waals surface area contributed by atoms with Crippen LogP contribution in [0.15, 0.2) is 41.8 Å². The van der Waals surface area contributed by atoms with Crippen LogP contribution in [0.25, 0.3) is 21.6 Å². The highest BCUT2D eigenvalue weighted by Crippen LogP contribution is 2.28. The van der Waals surface area contributed by atoms with Crippen molar-refractivity contribution in [2.75, 3.05) is 18.9 Å². The van der Waals surface area contributed by atoms with Crippen molar-refractivity contribution in [3.05, 3.63) is 41.8 Å². The van der Waals surface area contributed by atoms with Crippen LogP contribution in [0.5, 0.6) is 0 Å². The summed E-state index contributed by atoms with van der Waals surface area (Å²) < 4.78 is 0. The number of likely N-dealkylation sites (N-methyl/N-ethyl adjacent to an activating group) is 1. The molecule has 2 aromatic heterocycles. The number of thiophene rings is 1. The molecule has 1 saturated heterocycles. The molecule has 0 aliphatic carbocycles. The largest absolute Gasteiger partial charge is 0.358 e. The Hall–Kier alpha value is -2.47. The molecule has 0 bridgehead atoms. The molecule has 1 atom stereocenters. The van der Waals surface area contributed by atoms with Crippen LogP contribution in [0.1, 0.15) is 6.42 Å². The molecule has 116 valence electrons. The number of nitrogens with zero attached hydrogens (tertiary/aromatic N) is 3. The number of hydrogen-bond acceptors (Lipinski definition) is 5. The number of carbonyl (C=O) groups is 1. The quantitative estimate of drug-likeness (QED) is 0.804. The first kappa shape index (κ1) is 14.1. The lowest BCUT2D eigenvalue weighted by molar-refractivity contribution is -0.127. The molecule has 23 heavy (non-hydrogen) atoms. The van der Waals surface area contributed by atoms with Gasteiger partial charge in [0.1, 0.15) is 11.9 Å². The number of amides is 1. The van der Waals surface area contributed by atoms with Crippen molar-refractivity contribution in [3.63, 3.8) is 0 Å². The molecule has 1 aliphatic rings. The van der Waals surface area contributed by atoms with Crippen molar-refractivity contribution in [2.24, 2.45) is 0 Å². The van der Waals surface area contributed by atoms with Crippen LogP contribution in [0.3, 0.4) is 0 Å². The lowest BCUT2D eigenvalue weighted by Crippen LogP contribution is -2.31. The molecule has 0 saturated carbocycles. The van der Waals surface area contributed by atoms with Gasteiger partial charge in [0, 0.05) is 19.0 Å². The molecule has 3 heterocycles. The average molecular weight is 324 g/mol. The van der Waals surface area contributed by atoms with Gasteiger partial charge < -0.3 is 10.2 Å². The number of para-hydroxylation sites is 1. The van der Waals surface area contributed by atoms with Gasteiger partial charge in [0.05, 0.1) is 10.4 Å². The molecule has 3 aromatic rings. The van der Waals surface area contributed by atoms with E-state index in [1.807, 2.05) is 48.8 Å². The number of benzene rings is 1. The van der Waals surface area contributed by atoms with E-state index in [0.717, 1.165) is 34.6 Å². The second kappa shape index (κ2) is 5.62. The summed E-state index contributed by atoms with van der Waals surface area (Å²) in [7, 11) is 1.83. The van der Waals surface area contributed by atoms with Crippen LogP contribution in [0.4, 0.5) is 5.82 Å². The summed E-state index contributed by atoms with van der Waals surface area (Å²) in [4.78, 5) is 24.3. The molecule has 6 heteroatoms. The van der Waals surface area contributed by atoms with Gasteiger partial charge >= 0.3 is 0 Å². The molecule has 4 rings (SSSR count). The Labute approximate surface area is 138 Å². The van der Waals surface area contributed by atoms with Gasteiger partial charge in [-0.1, -0.05) is 18.2 Å². The van der Waals surface area contributed by atoms with Crippen molar-refractivity contribution < 1.29 is 4.79 Å². The molecule has 5 nitrogen and oxygen atoms in total. The van der Waals surface area contributed by atoms with Crippen molar-refractivity contribution in [1.29, 1.82) is 0 Å². The van der Waals surface area contributed by atoms with E-state index in [0.29, 0.717) is 5.82 Å². The number of aromatic nitrogens is 2. The van der Waals surface area contributed by atoms with Crippen LogP contribution in [0.2, 0.25) is 0 Å². The number of rotatable bonds is 3. The van der Waals surface area contributed by atoms with E-state index in [-0.39, 0.29) is 11.9 Å². The second-order valence-corrected chi connectivity index (χ2v) is 6.58. The van der Waals surface area contributed by atoms with Crippen molar-refractivity contribution in [2.45, 2.75) is 12.5 Å². The molecule has 1 aliphatic heterocycles. The molecular weight excluding hydrogens is 308 g/mol. The highest BCUT2D eigenvalue weighted by Gasteiger charge is 2.29. The van der Waals surface area contributed by atoms with E-state index in [9.17, 15) is 4.79 Å². The fourth-order valence-corrected chi connectivity index (χ4v) is 3.48. The minimum atomic E-state index is -0.213.